The summed E-state index contributed by atoms with van der Waals surface area (Å²) in [5.74, 6) is 3.34. The van der Waals surface area contributed by atoms with Gasteiger partial charge in [0.05, 0.1) is 22.4 Å². The first kappa shape index (κ1) is 29.0. The summed E-state index contributed by atoms with van der Waals surface area (Å²) in [6.07, 6.45) is 3.77. The summed E-state index contributed by atoms with van der Waals surface area (Å²) >= 11 is 0. The van der Waals surface area contributed by atoms with Crippen LogP contribution in [0.3, 0.4) is 0 Å². The van der Waals surface area contributed by atoms with E-state index in [2.05, 4.69) is 150 Å². The van der Waals surface area contributed by atoms with Gasteiger partial charge in [-0.15, -0.1) is 0 Å². The molecule has 0 saturated carbocycles. The molecular weight excluding hydrogens is 603 g/mol. The molecule has 6 nitrogen and oxygen atoms in total. The molecule has 0 amide bonds. The summed E-state index contributed by atoms with van der Waals surface area (Å²) in [4.78, 5) is 14.3. The van der Waals surface area contributed by atoms with Gasteiger partial charge < -0.3 is 14.5 Å². The van der Waals surface area contributed by atoms with Gasteiger partial charge in [0.2, 0.25) is 0 Å². The largest absolute Gasteiger partial charge is 0.457 e. The standard InChI is InChI=1S/C43H35N5O/c1-43(2,3)30-22-24-44-41(25-30)48-38-17-7-6-16-35(38)36-21-20-33(27-40(36)48)49-32-14-9-13-31(26-32)46-28-47(39-19-10-23-45-42(39)46)37-18-8-12-29-11-4-5-15-34(29)37/h4-27H,28H2,1-3H3. The molecule has 0 spiro atoms. The van der Waals surface area contributed by atoms with Crippen molar-refractivity contribution in [1.82, 2.24) is 14.5 Å². The molecule has 4 heterocycles. The molecule has 3 aromatic heterocycles. The Kier molecular flexibility index (Phi) is 6.66. The number of para-hydroxylation sites is 1. The van der Waals surface area contributed by atoms with Gasteiger partial charge in [-0.3, -0.25) is 4.57 Å². The molecule has 238 valence electrons. The Bertz CT molecular complexity index is 2520. The number of hydrogen-bond donors (Lipinski definition) is 0. The first-order valence-corrected chi connectivity index (χ1v) is 16.7. The molecule has 0 fully saturated rings. The van der Waals surface area contributed by atoms with Crippen LogP contribution in [0.4, 0.5) is 22.9 Å². The SMILES string of the molecule is CC(C)(C)c1ccnc(-n2c3ccccc3c3ccc(Oc4cccc(N5CN(c6cccc7ccccc67)c6cccnc65)c4)cc32)c1. The molecule has 1 aliphatic heterocycles. The van der Waals surface area contributed by atoms with Crippen LogP contribution in [0.2, 0.25) is 0 Å². The minimum atomic E-state index is 0.00697. The van der Waals surface area contributed by atoms with Crippen LogP contribution in [0.1, 0.15) is 26.3 Å². The highest BCUT2D eigenvalue weighted by Crippen LogP contribution is 2.45. The number of hydrogen-bond acceptors (Lipinski definition) is 5. The van der Waals surface area contributed by atoms with Crippen LogP contribution in [0, 0.1) is 0 Å². The first-order chi connectivity index (χ1) is 23.9. The molecule has 0 bridgehead atoms. The van der Waals surface area contributed by atoms with Crippen LogP contribution in [0.25, 0.3) is 38.4 Å². The Morgan fingerprint density at radius 1 is 0.571 bits per heavy atom. The van der Waals surface area contributed by atoms with Crippen LogP contribution in [0.15, 0.2) is 146 Å². The van der Waals surface area contributed by atoms with Crippen LogP contribution < -0.4 is 14.5 Å². The van der Waals surface area contributed by atoms with Crippen LogP contribution >= 0.6 is 0 Å². The Balaban J connectivity index is 1.08. The molecule has 0 aliphatic carbocycles. The third-order valence-electron chi connectivity index (χ3n) is 9.50. The summed E-state index contributed by atoms with van der Waals surface area (Å²) in [5.41, 5.74) is 6.67. The Hall–Kier alpha value is -6.14. The van der Waals surface area contributed by atoms with E-state index in [9.17, 15) is 0 Å². The van der Waals surface area contributed by atoms with Crippen molar-refractivity contribution >= 4 is 55.5 Å². The van der Waals surface area contributed by atoms with Gasteiger partial charge in [0.15, 0.2) is 5.82 Å². The zero-order chi connectivity index (χ0) is 33.1. The van der Waals surface area contributed by atoms with Crippen LogP contribution in [-0.4, -0.2) is 21.2 Å². The maximum absolute atomic E-state index is 6.61. The molecule has 49 heavy (non-hydrogen) atoms. The number of aromatic nitrogens is 3. The maximum atomic E-state index is 6.61. The van der Waals surface area contributed by atoms with Gasteiger partial charge in [-0.2, -0.15) is 0 Å². The topological polar surface area (TPSA) is 46.4 Å². The van der Waals surface area contributed by atoms with Crippen molar-refractivity contribution in [2.45, 2.75) is 26.2 Å². The van der Waals surface area contributed by atoms with Gasteiger partial charge in [-0.25, -0.2) is 9.97 Å². The molecule has 5 aromatic carbocycles. The number of nitrogens with zero attached hydrogens (tertiary/aromatic N) is 5. The summed E-state index contributed by atoms with van der Waals surface area (Å²) in [7, 11) is 0. The molecule has 0 N–H and O–H groups in total. The smallest absolute Gasteiger partial charge is 0.158 e. The minimum Gasteiger partial charge on any atom is -0.457 e. The van der Waals surface area contributed by atoms with E-state index in [0.29, 0.717) is 6.67 Å². The molecule has 0 atom stereocenters. The van der Waals surface area contributed by atoms with Crippen molar-refractivity contribution in [2.75, 3.05) is 16.5 Å². The van der Waals surface area contributed by atoms with Crippen molar-refractivity contribution < 1.29 is 4.74 Å². The van der Waals surface area contributed by atoms with Crippen molar-refractivity contribution in [1.29, 1.82) is 0 Å². The quantitative estimate of drug-likeness (QED) is 0.188. The highest BCUT2D eigenvalue weighted by atomic mass is 16.5. The predicted octanol–water partition coefficient (Wildman–Crippen LogP) is 11.1. The third-order valence-corrected chi connectivity index (χ3v) is 9.50. The fourth-order valence-corrected chi connectivity index (χ4v) is 7.06. The summed E-state index contributed by atoms with van der Waals surface area (Å²) in [6.45, 7) is 7.33. The molecular formula is C43H35N5O. The second-order valence-corrected chi connectivity index (χ2v) is 13.6. The lowest BCUT2D eigenvalue weighted by molar-refractivity contribution is 0.483. The maximum Gasteiger partial charge on any atom is 0.158 e. The lowest BCUT2D eigenvalue weighted by Gasteiger charge is -2.23. The van der Waals surface area contributed by atoms with Crippen LogP contribution in [0.5, 0.6) is 11.5 Å². The van der Waals surface area contributed by atoms with E-state index in [1.165, 1.54) is 21.7 Å². The van der Waals surface area contributed by atoms with E-state index in [1.54, 1.807) is 0 Å². The number of rotatable bonds is 5. The Morgan fingerprint density at radius 2 is 1.33 bits per heavy atom. The number of benzene rings is 5. The van der Waals surface area contributed by atoms with E-state index in [1.807, 2.05) is 30.6 Å². The van der Waals surface area contributed by atoms with E-state index >= 15 is 0 Å². The van der Waals surface area contributed by atoms with Gasteiger partial charge in [-0.05, 0) is 77.0 Å². The Labute approximate surface area is 285 Å². The molecule has 6 heteroatoms. The molecule has 0 unspecified atom stereocenters. The summed E-state index contributed by atoms with van der Waals surface area (Å²) in [6, 6.07) is 46.6. The zero-order valence-corrected chi connectivity index (χ0v) is 27.7. The first-order valence-electron chi connectivity index (χ1n) is 16.7. The highest BCUT2D eigenvalue weighted by Gasteiger charge is 2.30. The van der Waals surface area contributed by atoms with Crippen molar-refractivity contribution in [3.05, 3.63) is 151 Å². The summed E-state index contributed by atoms with van der Waals surface area (Å²) in [5, 5.41) is 4.78. The lowest BCUT2D eigenvalue weighted by atomic mass is 9.88. The van der Waals surface area contributed by atoms with E-state index < -0.39 is 0 Å². The van der Waals surface area contributed by atoms with Crippen molar-refractivity contribution in [3.8, 4) is 17.3 Å². The Morgan fingerprint density at radius 3 is 2.22 bits per heavy atom. The van der Waals surface area contributed by atoms with Gasteiger partial charge in [0.1, 0.15) is 24.0 Å². The minimum absolute atomic E-state index is 0.00697. The second-order valence-electron chi connectivity index (χ2n) is 13.6. The van der Waals surface area contributed by atoms with Crippen molar-refractivity contribution in [2.24, 2.45) is 0 Å². The molecule has 9 rings (SSSR count). The second kappa shape index (κ2) is 11.2. The number of anilines is 4. The lowest BCUT2D eigenvalue weighted by Crippen LogP contribution is -2.24. The van der Waals surface area contributed by atoms with Crippen molar-refractivity contribution in [3.63, 3.8) is 0 Å². The molecule has 0 radical (unpaired) electrons. The van der Waals surface area contributed by atoms with Gasteiger partial charge in [0, 0.05) is 46.4 Å². The fraction of sp³-hybridized carbons (Fsp3) is 0.116. The predicted molar refractivity (Wildman–Crippen MR) is 201 cm³/mol. The number of pyridine rings is 2. The van der Waals surface area contributed by atoms with E-state index in [0.717, 1.165) is 56.6 Å². The summed E-state index contributed by atoms with van der Waals surface area (Å²) < 4.78 is 8.86. The highest BCUT2D eigenvalue weighted by molar-refractivity contribution is 6.09. The zero-order valence-electron chi connectivity index (χ0n) is 27.7. The number of fused-ring (bicyclic) bond motifs is 5. The van der Waals surface area contributed by atoms with Crippen LogP contribution in [-0.2, 0) is 5.41 Å². The fourth-order valence-electron chi connectivity index (χ4n) is 7.06. The van der Waals surface area contributed by atoms with E-state index in [4.69, 9.17) is 14.7 Å². The molecule has 8 aromatic rings. The molecule has 1 aliphatic rings. The third kappa shape index (κ3) is 4.95. The van der Waals surface area contributed by atoms with Gasteiger partial charge in [0.25, 0.3) is 0 Å². The van der Waals surface area contributed by atoms with E-state index in [-0.39, 0.29) is 5.41 Å². The average molecular weight is 638 g/mol. The molecule has 0 saturated heterocycles. The number of ether oxygens (including phenoxy) is 1. The van der Waals surface area contributed by atoms with Gasteiger partial charge >= 0.3 is 0 Å². The normalized spacial score (nSPS) is 13.0. The average Bonchev–Trinajstić information content (AvgIpc) is 3.67. The monoisotopic (exact) mass is 637 g/mol. The van der Waals surface area contributed by atoms with Gasteiger partial charge in [-0.1, -0.05) is 81.4 Å².